The number of anilines is 1. The average molecular weight is 378 g/mol. The number of hydrogen-bond donors (Lipinski definition) is 1. The Morgan fingerprint density at radius 3 is 2.44 bits per heavy atom. The lowest BCUT2D eigenvalue weighted by Gasteiger charge is -2.09. The molecule has 0 aliphatic heterocycles. The zero-order valence-corrected chi connectivity index (χ0v) is 14.4. The third kappa shape index (κ3) is 3.97. The number of carbonyl (C=O) groups is 1. The Hall–Kier alpha value is -2.44. The summed E-state index contributed by atoms with van der Waals surface area (Å²) in [5, 5.41) is 4.06. The molecule has 0 saturated heterocycles. The average Bonchev–Trinajstić information content (AvgIpc) is 2.56. The van der Waals surface area contributed by atoms with Crippen LogP contribution in [0.3, 0.4) is 0 Å². The predicted octanol–water partition coefficient (Wildman–Crippen LogP) is 4.04. The van der Waals surface area contributed by atoms with Gasteiger partial charge in [-0.3, -0.25) is 4.79 Å². The smallest absolute Gasteiger partial charge is 0.240 e. The van der Waals surface area contributed by atoms with Gasteiger partial charge in [0.25, 0.3) is 0 Å². The molecule has 3 aromatic carbocycles. The second-order valence-corrected chi connectivity index (χ2v) is 7.84. The number of rotatable bonds is 4. The van der Waals surface area contributed by atoms with E-state index in [0.717, 1.165) is 22.9 Å². The molecule has 0 atom stereocenters. The van der Waals surface area contributed by atoms with Crippen molar-refractivity contribution in [1.82, 2.24) is 0 Å². The van der Waals surface area contributed by atoms with E-state index < -0.39 is 27.3 Å². The van der Waals surface area contributed by atoms with E-state index in [9.17, 15) is 17.6 Å². The van der Waals surface area contributed by atoms with Crippen LogP contribution in [-0.4, -0.2) is 20.1 Å². The molecule has 3 aromatic rings. The second-order valence-electron chi connectivity index (χ2n) is 5.44. The van der Waals surface area contributed by atoms with E-state index >= 15 is 0 Å². The van der Waals surface area contributed by atoms with Crippen LogP contribution in [0.5, 0.6) is 0 Å². The first-order chi connectivity index (χ1) is 11.8. The van der Waals surface area contributed by atoms with Crippen LogP contribution >= 0.6 is 11.6 Å². The van der Waals surface area contributed by atoms with Crippen molar-refractivity contribution in [3.63, 3.8) is 0 Å². The molecule has 4 nitrogen and oxygen atoms in total. The van der Waals surface area contributed by atoms with Crippen molar-refractivity contribution >= 4 is 43.8 Å². The molecule has 0 spiro atoms. The maximum atomic E-state index is 13.0. The lowest BCUT2D eigenvalue weighted by atomic mass is 10.1. The summed E-state index contributed by atoms with van der Waals surface area (Å²) in [4.78, 5) is 12.1. The summed E-state index contributed by atoms with van der Waals surface area (Å²) < 4.78 is 37.9. The molecular weight excluding hydrogens is 365 g/mol. The number of carbonyl (C=O) groups excluding carboxylic acids is 1. The number of halogens is 2. The normalized spacial score (nSPS) is 11.4. The van der Waals surface area contributed by atoms with E-state index in [4.69, 9.17) is 11.6 Å². The van der Waals surface area contributed by atoms with Gasteiger partial charge >= 0.3 is 0 Å². The molecule has 7 heteroatoms. The van der Waals surface area contributed by atoms with Gasteiger partial charge in [-0.05, 0) is 41.1 Å². The van der Waals surface area contributed by atoms with Crippen LogP contribution in [0, 0.1) is 5.82 Å². The highest BCUT2D eigenvalue weighted by atomic mass is 35.5. The monoisotopic (exact) mass is 377 g/mol. The molecule has 1 N–H and O–H groups in total. The highest BCUT2D eigenvalue weighted by molar-refractivity contribution is 7.92. The fraction of sp³-hybridized carbons (Fsp3) is 0.0556. The van der Waals surface area contributed by atoms with E-state index in [1.807, 2.05) is 18.2 Å². The van der Waals surface area contributed by atoms with Crippen molar-refractivity contribution in [1.29, 1.82) is 0 Å². The molecule has 0 aromatic heterocycles. The Kier molecular flexibility index (Phi) is 4.74. The third-order valence-electron chi connectivity index (χ3n) is 3.61. The van der Waals surface area contributed by atoms with Crippen LogP contribution in [0.25, 0.3) is 10.8 Å². The summed E-state index contributed by atoms with van der Waals surface area (Å²) in [7, 11) is -3.82. The lowest BCUT2D eigenvalue weighted by Crippen LogP contribution is -2.23. The molecule has 0 radical (unpaired) electrons. The van der Waals surface area contributed by atoms with Crippen molar-refractivity contribution in [3.05, 3.63) is 71.5 Å². The van der Waals surface area contributed by atoms with E-state index in [1.54, 1.807) is 12.1 Å². The topological polar surface area (TPSA) is 63.2 Å². The fourth-order valence-corrected chi connectivity index (χ4v) is 3.77. The minimum absolute atomic E-state index is 0.00328. The van der Waals surface area contributed by atoms with Gasteiger partial charge in [-0.1, -0.05) is 41.9 Å². The van der Waals surface area contributed by atoms with E-state index in [1.165, 1.54) is 18.2 Å². The number of nitrogens with one attached hydrogen (secondary N) is 1. The first kappa shape index (κ1) is 17.4. The Morgan fingerprint density at radius 2 is 1.72 bits per heavy atom. The highest BCUT2D eigenvalue weighted by Gasteiger charge is 2.20. The van der Waals surface area contributed by atoms with Gasteiger partial charge < -0.3 is 5.32 Å². The molecule has 128 valence electrons. The van der Waals surface area contributed by atoms with Crippen molar-refractivity contribution in [2.45, 2.75) is 4.90 Å². The molecule has 0 fully saturated rings. The third-order valence-corrected chi connectivity index (χ3v) is 5.53. The van der Waals surface area contributed by atoms with Gasteiger partial charge in [0, 0.05) is 0 Å². The minimum atomic E-state index is -3.82. The predicted molar refractivity (Wildman–Crippen MR) is 96.0 cm³/mol. The highest BCUT2D eigenvalue weighted by Crippen LogP contribution is 2.23. The quantitative estimate of drug-likeness (QED) is 0.746. The maximum Gasteiger partial charge on any atom is 0.240 e. The molecule has 0 aliphatic carbocycles. The number of hydrogen-bond acceptors (Lipinski definition) is 3. The van der Waals surface area contributed by atoms with Crippen LogP contribution in [0.1, 0.15) is 0 Å². The summed E-state index contributed by atoms with van der Waals surface area (Å²) in [6, 6.07) is 15.5. The minimum Gasteiger partial charge on any atom is -0.324 e. The number of amides is 1. The molecular formula is C18H13ClFNO3S. The zero-order valence-electron chi connectivity index (χ0n) is 12.9. The van der Waals surface area contributed by atoms with Crippen LogP contribution in [-0.2, 0) is 14.6 Å². The van der Waals surface area contributed by atoms with Gasteiger partial charge in [0.15, 0.2) is 9.84 Å². The van der Waals surface area contributed by atoms with Crippen LogP contribution < -0.4 is 5.32 Å². The molecule has 0 saturated carbocycles. The van der Waals surface area contributed by atoms with Crippen molar-refractivity contribution in [2.24, 2.45) is 0 Å². The van der Waals surface area contributed by atoms with E-state index in [-0.39, 0.29) is 15.6 Å². The summed E-state index contributed by atoms with van der Waals surface area (Å²) in [6.45, 7) is 0. The standard InChI is InChI=1S/C18H13ClFNO3S/c19-16-10-14(20)6-8-17(16)21-18(22)11-25(23,24)15-7-5-12-3-1-2-4-13(12)9-15/h1-10H,11H2,(H,21,22). The summed E-state index contributed by atoms with van der Waals surface area (Å²) in [5.41, 5.74) is 0.154. The summed E-state index contributed by atoms with van der Waals surface area (Å²) in [6.07, 6.45) is 0. The Labute approximate surface area is 149 Å². The summed E-state index contributed by atoms with van der Waals surface area (Å²) in [5.74, 6) is -2.03. The van der Waals surface area contributed by atoms with Crippen LogP contribution in [0.15, 0.2) is 65.6 Å². The van der Waals surface area contributed by atoms with Crippen LogP contribution in [0.2, 0.25) is 5.02 Å². The van der Waals surface area contributed by atoms with E-state index in [0.29, 0.717) is 0 Å². The van der Waals surface area contributed by atoms with Crippen molar-refractivity contribution < 1.29 is 17.6 Å². The molecule has 25 heavy (non-hydrogen) atoms. The second kappa shape index (κ2) is 6.82. The first-order valence-corrected chi connectivity index (χ1v) is 9.35. The largest absolute Gasteiger partial charge is 0.324 e. The zero-order chi connectivity index (χ0) is 18.0. The molecule has 0 bridgehead atoms. The number of sulfone groups is 1. The number of benzene rings is 3. The Bertz CT molecular complexity index is 1070. The lowest BCUT2D eigenvalue weighted by molar-refractivity contribution is -0.113. The van der Waals surface area contributed by atoms with Gasteiger partial charge in [-0.15, -0.1) is 0 Å². The first-order valence-electron chi connectivity index (χ1n) is 7.32. The molecule has 0 unspecified atom stereocenters. The SMILES string of the molecule is O=C(CS(=O)(=O)c1ccc2ccccc2c1)Nc1ccc(F)cc1Cl. The molecule has 1 amide bonds. The maximum absolute atomic E-state index is 13.0. The summed E-state index contributed by atoms with van der Waals surface area (Å²) >= 11 is 5.82. The van der Waals surface area contributed by atoms with Crippen molar-refractivity contribution in [2.75, 3.05) is 11.1 Å². The Balaban J connectivity index is 1.81. The molecule has 0 aliphatic rings. The van der Waals surface area contributed by atoms with Gasteiger partial charge in [0.1, 0.15) is 11.6 Å². The number of fused-ring (bicyclic) bond motifs is 1. The van der Waals surface area contributed by atoms with E-state index in [2.05, 4.69) is 5.32 Å². The van der Waals surface area contributed by atoms with Crippen molar-refractivity contribution in [3.8, 4) is 0 Å². The van der Waals surface area contributed by atoms with Crippen LogP contribution in [0.4, 0.5) is 10.1 Å². The van der Waals surface area contributed by atoms with Gasteiger partial charge in [0.05, 0.1) is 15.6 Å². The fourth-order valence-electron chi connectivity index (χ4n) is 2.39. The van der Waals surface area contributed by atoms with Gasteiger partial charge in [-0.25, -0.2) is 12.8 Å². The molecule has 0 heterocycles. The van der Waals surface area contributed by atoms with Gasteiger partial charge in [0.2, 0.25) is 5.91 Å². The van der Waals surface area contributed by atoms with Gasteiger partial charge in [-0.2, -0.15) is 0 Å². The Morgan fingerprint density at radius 1 is 1.00 bits per heavy atom. The molecule has 3 rings (SSSR count).